The van der Waals surface area contributed by atoms with E-state index in [4.69, 9.17) is 4.52 Å². The van der Waals surface area contributed by atoms with Crippen molar-refractivity contribution in [3.8, 4) is 0 Å². The zero-order chi connectivity index (χ0) is 18.1. The molecule has 4 heteroatoms. The first-order chi connectivity index (χ1) is 11.1. The summed E-state index contributed by atoms with van der Waals surface area (Å²) in [5.74, 6) is 3.08. The van der Waals surface area contributed by atoms with Crippen molar-refractivity contribution < 1.29 is 14.3 Å². The second kappa shape index (κ2) is 8.33. The van der Waals surface area contributed by atoms with Crippen LogP contribution in [-0.2, 0) is 4.52 Å². The molecule has 2 saturated carbocycles. The molecule has 2 fully saturated rings. The van der Waals surface area contributed by atoms with E-state index < -0.39 is 7.94 Å². The summed E-state index contributed by atoms with van der Waals surface area (Å²) in [7, 11) is -3.67. The van der Waals surface area contributed by atoms with Gasteiger partial charge < -0.3 is 0 Å². The molecule has 2 N–H and O–H groups in total. The van der Waals surface area contributed by atoms with Gasteiger partial charge in [-0.2, -0.15) is 0 Å². The molecule has 6 unspecified atom stereocenters. The van der Waals surface area contributed by atoms with Crippen LogP contribution in [0.5, 0.6) is 0 Å². The molecule has 144 valence electrons. The van der Waals surface area contributed by atoms with Crippen LogP contribution in [0.4, 0.5) is 0 Å². The van der Waals surface area contributed by atoms with E-state index in [0.29, 0.717) is 35.5 Å². The zero-order valence-corrected chi connectivity index (χ0v) is 17.7. The van der Waals surface area contributed by atoms with Crippen LogP contribution in [0.3, 0.4) is 0 Å². The molecule has 0 radical (unpaired) electrons. The van der Waals surface area contributed by atoms with Gasteiger partial charge in [0.05, 0.1) is 0 Å². The van der Waals surface area contributed by atoms with Gasteiger partial charge in [-0.1, -0.05) is 0 Å². The summed E-state index contributed by atoms with van der Waals surface area (Å²) < 4.78 is 6.24. The van der Waals surface area contributed by atoms with E-state index in [1.807, 2.05) is 0 Å². The van der Waals surface area contributed by atoms with Gasteiger partial charge in [0.1, 0.15) is 0 Å². The Bertz CT molecular complexity index is 396. The minimum absolute atomic E-state index is 0.0282. The van der Waals surface area contributed by atoms with Crippen molar-refractivity contribution in [3.63, 3.8) is 0 Å². The monoisotopic (exact) mass is 360 g/mol. The van der Waals surface area contributed by atoms with Gasteiger partial charge in [-0.15, -0.1) is 0 Å². The molecule has 0 spiro atoms. The number of hydrogen-bond donors (Lipinski definition) is 2. The van der Waals surface area contributed by atoms with Crippen molar-refractivity contribution in [2.45, 2.75) is 91.8 Å². The van der Waals surface area contributed by atoms with Crippen LogP contribution >= 0.6 is 7.94 Å². The second-order valence-electron chi connectivity index (χ2n) is 9.57. The number of rotatable bonds is 5. The molecule has 2 aliphatic rings. The molecular weight excluding hydrogens is 319 g/mol. The molecule has 3 nitrogen and oxygen atoms in total. The molecule has 0 saturated heterocycles. The van der Waals surface area contributed by atoms with E-state index in [9.17, 15) is 9.79 Å². The maximum atomic E-state index is 11.1. The van der Waals surface area contributed by atoms with E-state index in [0.717, 1.165) is 25.7 Å². The molecule has 0 aromatic carbocycles. The minimum atomic E-state index is -3.67. The first-order valence-corrected chi connectivity index (χ1v) is 12.1. The third-order valence-corrected chi connectivity index (χ3v) is 9.07. The Morgan fingerprint density at radius 3 is 1.83 bits per heavy atom. The predicted molar refractivity (Wildman–Crippen MR) is 104 cm³/mol. The predicted octanol–water partition coefficient (Wildman–Crippen LogP) is 5.40. The summed E-state index contributed by atoms with van der Waals surface area (Å²) in [6, 6.07) is 0. The summed E-state index contributed by atoms with van der Waals surface area (Å²) in [5, 5.41) is 0. The van der Waals surface area contributed by atoms with Crippen molar-refractivity contribution in [2.24, 2.45) is 35.5 Å². The third-order valence-electron chi connectivity index (χ3n) is 6.79. The van der Waals surface area contributed by atoms with Crippen LogP contribution in [0.15, 0.2) is 0 Å². The summed E-state index contributed by atoms with van der Waals surface area (Å²) in [6.45, 7) is 13.4. The third kappa shape index (κ3) is 4.93. The van der Waals surface area contributed by atoms with Crippen molar-refractivity contribution in [1.29, 1.82) is 0 Å². The summed E-state index contributed by atoms with van der Waals surface area (Å²) in [6.07, 6.45) is 6.63. The fourth-order valence-corrected chi connectivity index (χ4v) is 7.91. The Kier molecular flexibility index (Phi) is 7.16. The summed E-state index contributed by atoms with van der Waals surface area (Å²) in [5.41, 5.74) is -0.0358. The summed E-state index contributed by atoms with van der Waals surface area (Å²) >= 11 is 0. The second-order valence-corrected chi connectivity index (χ2v) is 11.9. The zero-order valence-electron chi connectivity index (χ0n) is 16.7. The van der Waals surface area contributed by atoms with E-state index in [1.54, 1.807) is 0 Å². The molecule has 0 aromatic heterocycles. The van der Waals surface area contributed by atoms with Gasteiger partial charge in [0.2, 0.25) is 0 Å². The molecule has 0 bridgehead atoms. The molecule has 0 aromatic rings. The van der Waals surface area contributed by atoms with Gasteiger partial charge in [0.15, 0.2) is 0 Å². The first kappa shape index (κ1) is 20.6. The van der Waals surface area contributed by atoms with Crippen LogP contribution < -0.4 is 0 Å². The Balaban J connectivity index is 2.14. The molecule has 2 aliphatic carbocycles. The van der Waals surface area contributed by atoms with Gasteiger partial charge in [-0.05, 0) is 0 Å². The van der Waals surface area contributed by atoms with Crippen LogP contribution in [-0.4, -0.2) is 21.5 Å². The quantitative estimate of drug-likeness (QED) is 0.645. The van der Waals surface area contributed by atoms with Gasteiger partial charge >= 0.3 is 150 Å². The van der Waals surface area contributed by atoms with Crippen LogP contribution in [0.1, 0.15) is 80.1 Å². The average Bonchev–Trinajstić information content (AvgIpc) is 2.46. The SMILES string of the molecule is CC1CCC(C(C)C)C(O[PH](O)(O)C2CC(C)CCC2C(C)C)C1. The molecular formula is C20H41O3P. The maximum absolute atomic E-state index is 11.1. The molecule has 0 amide bonds. The average molecular weight is 361 g/mol. The molecule has 6 atom stereocenters. The Morgan fingerprint density at radius 1 is 0.792 bits per heavy atom. The Hall–Kier alpha value is 0.310. The van der Waals surface area contributed by atoms with Crippen molar-refractivity contribution in [2.75, 3.05) is 0 Å². The summed E-state index contributed by atoms with van der Waals surface area (Å²) in [4.78, 5) is 22.2. The van der Waals surface area contributed by atoms with Gasteiger partial charge in [-0.25, -0.2) is 0 Å². The molecule has 2 rings (SSSR count). The van der Waals surface area contributed by atoms with Crippen LogP contribution in [0.25, 0.3) is 0 Å². The van der Waals surface area contributed by atoms with Crippen molar-refractivity contribution in [3.05, 3.63) is 0 Å². The van der Waals surface area contributed by atoms with E-state index in [1.165, 1.54) is 12.8 Å². The van der Waals surface area contributed by atoms with Crippen LogP contribution in [0.2, 0.25) is 0 Å². The van der Waals surface area contributed by atoms with Gasteiger partial charge in [0, 0.05) is 0 Å². The fourth-order valence-electron chi connectivity index (χ4n) is 5.20. The van der Waals surface area contributed by atoms with E-state index in [2.05, 4.69) is 41.5 Å². The first-order valence-electron chi connectivity index (χ1n) is 10.2. The van der Waals surface area contributed by atoms with Gasteiger partial charge in [0.25, 0.3) is 0 Å². The Morgan fingerprint density at radius 2 is 1.29 bits per heavy atom. The fraction of sp³-hybridized carbons (Fsp3) is 1.00. The molecule has 0 heterocycles. The number of hydrogen-bond acceptors (Lipinski definition) is 3. The normalized spacial score (nSPS) is 39.4. The van der Waals surface area contributed by atoms with E-state index in [-0.39, 0.29) is 11.8 Å². The van der Waals surface area contributed by atoms with Crippen LogP contribution in [0, 0.1) is 35.5 Å². The molecule has 0 aliphatic heterocycles. The van der Waals surface area contributed by atoms with Crippen molar-refractivity contribution in [1.82, 2.24) is 0 Å². The van der Waals surface area contributed by atoms with Crippen molar-refractivity contribution >= 4 is 7.94 Å². The Labute approximate surface area is 150 Å². The topological polar surface area (TPSA) is 49.7 Å². The van der Waals surface area contributed by atoms with E-state index >= 15 is 0 Å². The standard InChI is InChI=1S/C20H41O3P/c1-13(2)17-9-7-15(5)11-19(17)23-24(21,22)20-12-16(6)8-10-18(20)14(3)4/h13-22,24H,7-12H2,1-6H3. The molecule has 24 heavy (non-hydrogen) atoms. The van der Waals surface area contributed by atoms with Gasteiger partial charge in [-0.3, -0.25) is 0 Å².